The normalized spacial score (nSPS) is 9.18. The molecule has 0 saturated heterocycles. The predicted molar refractivity (Wildman–Crippen MR) is 42.8 cm³/mol. The van der Waals surface area contributed by atoms with Gasteiger partial charge in [0.25, 0.3) is 0 Å². The van der Waals surface area contributed by atoms with Crippen LogP contribution in [0.3, 0.4) is 0 Å². The zero-order valence-corrected chi connectivity index (χ0v) is 8.09. The van der Waals surface area contributed by atoms with Gasteiger partial charge in [0.1, 0.15) is 0 Å². The molecule has 1 aromatic rings. The molecule has 0 aromatic heterocycles. The predicted octanol–water partition coefficient (Wildman–Crippen LogP) is 1.78. The fourth-order valence-electron chi connectivity index (χ4n) is 0.852. The molecular weight excluding hydrogens is 225 g/mol. The molecular formula is C9H10ORu+. The van der Waals surface area contributed by atoms with E-state index in [1.807, 2.05) is 35.8 Å². The molecule has 0 fully saturated rings. The van der Waals surface area contributed by atoms with Crippen LogP contribution < -0.4 is 4.74 Å². The van der Waals surface area contributed by atoms with Crippen LogP contribution in [-0.4, -0.2) is 11.2 Å². The molecule has 0 spiro atoms. The van der Waals surface area contributed by atoms with Gasteiger partial charge in [0.2, 0.25) is 0 Å². The summed E-state index contributed by atoms with van der Waals surface area (Å²) in [5, 5.41) is 0. The van der Waals surface area contributed by atoms with Crippen LogP contribution in [0.5, 0.6) is 5.75 Å². The summed E-state index contributed by atoms with van der Waals surface area (Å²) < 4.78 is 7.36. The first-order valence-electron chi connectivity index (χ1n) is 3.52. The Morgan fingerprint density at radius 3 is 2.82 bits per heavy atom. The van der Waals surface area contributed by atoms with Crippen molar-refractivity contribution in [1.82, 2.24) is 0 Å². The molecule has 0 aliphatic heterocycles. The number of para-hydroxylation sites is 1. The second-order valence-corrected chi connectivity index (χ2v) is 2.57. The van der Waals surface area contributed by atoms with Crippen LogP contribution in [-0.2, 0) is 17.9 Å². The Balaban J connectivity index is 2.92. The zero-order chi connectivity index (χ0) is 8.10. The SMILES string of the molecule is CCOc1ccccc1[CH]=[Ru+]. The Morgan fingerprint density at radius 2 is 2.18 bits per heavy atom. The van der Waals surface area contributed by atoms with Gasteiger partial charge in [0, 0.05) is 0 Å². The molecule has 0 atom stereocenters. The van der Waals surface area contributed by atoms with E-state index in [4.69, 9.17) is 4.74 Å². The molecule has 0 heterocycles. The molecule has 11 heavy (non-hydrogen) atoms. The third kappa shape index (κ3) is 2.23. The van der Waals surface area contributed by atoms with Gasteiger partial charge in [0.05, 0.1) is 0 Å². The van der Waals surface area contributed by atoms with Crippen LogP contribution >= 0.6 is 0 Å². The third-order valence-electron chi connectivity index (χ3n) is 1.33. The van der Waals surface area contributed by atoms with E-state index in [9.17, 15) is 0 Å². The zero-order valence-electron chi connectivity index (χ0n) is 6.36. The second kappa shape index (κ2) is 4.40. The molecule has 59 valence electrons. The minimum atomic E-state index is 0.719. The molecule has 0 aliphatic carbocycles. The average Bonchev–Trinajstić information content (AvgIpc) is 2.06. The van der Waals surface area contributed by atoms with Crippen molar-refractivity contribution in [3.05, 3.63) is 29.8 Å². The van der Waals surface area contributed by atoms with Crippen molar-refractivity contribution < 1.29 is 22.6 Å². The van der Waals surface area contributed by atoms with Crippen molar-refractivity contribution in [1.29, 1.82) is 0 Å². The Morgan fingerprint density at radius 1 is 1.45 bits per heavy atom. The summed E-state index contributed by atoms with van der Waals surface area (Å²) in [4.78, 5) is 0. The maximum atomic E-state index is 5.39. The van der Waals surface area contributed by atoms with E-state index in [0.29, 0.717) is 0 Å². The van der Waals surface area contributed by atoms with Gasteiger partial charge in [0.15, 0.2) is 0 Å². The van der Waals surface area contributed by atoms with Crippen LogP contribution in [0.2, 0.25) is 0 Å². The number of ether oxygens (including phenoxy) is 1. The summed E-state index contributed by atoms with van der Waals surface area (Å²) in [6.45, 7) is 2.71. The van der Waals surface area contributed by atoms with Crippen LogP contribution in [0.15, 0.2) is 24.3 Å². The molecule has 0 radical (unpaired) electrons. The Bertz CT molecular complexity index is 245. The number of benzene rings is 1. The van der Waals surface area contributed by atoms with Gasteiger partial charge in [-0.05, 0) is 0 Å². The molecule has 1 rings (SSSR count). The summed E-state index contributed by atoms with van der Waals surface area (Å²) in [6.07, 6.45) is 0. The van der Waals surface area contributed by atoms with Gasteiger partial charge in [-0.15, -0.1) is 0 Å². The van der Waals surface area contributed by atoms with Crippen molar-refractivity contribution in [3.63, 3.8) is 0 Å². The Hall–Kier alpha value is -0.487. The summed E-state index contributed by atoms with van der Waals surface area (Å²) >= 11 is 2.48. The molecule has 1 aromatic carbocycles. The number of rotatable bonds is 3. The fraction of sp³-hybridized carbons (Fsp3) is 0.222. The minimum absolute atomic E-state index is 0.719. The van der Waals surface area contributed by atoms with Crippen LogP contribution in [0.4, 0.5) is 0 Å². The molecule has 1 nitrogen and oxygen atoms in total. The van der Waals surface area contributed by atoms with Gasteiger partial charge < -0.3 is 0 Å². The second-order valence-electron chi connectivity index (χ2n) is 2.07. The topological polar surface area (TPSA) is 9.23 Å². The van der Waals surface area contributed by atoms with Gasteiger partial charge in [-0.2, -0.15) is 0 Å². The summed E-state index contributed by atoms with van der Waals surface area (Å²) in [5.41, 5.74) is 1.13. The van der Waals surface area contributed by atoms with E-state index in [2.05, 4.69) is 17.9 Å². The van der Waals surface area contributed by atoms with Gasteiger partial charge >= 0.3 is 76.3 Å². The van der Waals surface area contributed by atoms with E-state index < -0.39 is 0 Å². The molecule has 0 bridgehead atoms. The Kier molecular flexibility index (Phi) is 3.45. The number of hydrogen-bond donors (Lipinski definition) is 0. The first-order valence-corrected chi connectivity index (χ1v) is 4.52. The van der Waals surface area contributed by atoms with Gasteiger partial charge in [-0.1, -0.05) is 0 Å². The van der Waals surface area contributed by atoms with Gasteiger partial charge in [-0.25, -0.2) is 0 Å². The third-order valence-corrected chi connectivity index (χ3v) is 1.87. The first kappa shape index (κ1) is 8.61. The van der Waals surface area contributed by atoms with Gasteiger partial charge in [-0.3, -0.25) is 0 Å². The summed E-state index contributed by atoms with van der Waals surface area (Å²) in [7, 11) is 0. The van der Waals surface area contributed by atoms with Crippen molar-refractivity contribution >= 4 is 4.61 Å². The molecule has 0 aliphatic rings. The molecule has 0 saturated carbocycles. The van der Waals surface area contributed by atoms with E-state index in [1.165, 1.54) is 0 Å². The van der Waals surface area contributed by atoms with Crippen LogP contribution in [0, 0.1) is 0 Å². The van der Waals surface area contributed by atoms with Crippen LogP contribution in [0.25, 0.3) is 0 Å². The van der Waals surface area contributed by atoms with E-state index in [1.54, 1.807) is 0 Å². The monoisotopic (exact) mass is 236 g/mol. The quantitative estimate of drug-likeness (QED) is 0.726. The number of hydrogen-bond acceptors (Lipinski definition) is 1. The molecule has 0 unspecified atom stereocenters. The van der Waals surface area contributed by atoms with Crippen LogP contribution in [0.1, 0.15) is 12.5 Å². The fourth-order valence-corrected chi connectivity index (χ4v) is 1.27. The average molecular weight is 235 g/mol. The molecule has 2 heteroatoms. The first-order chi connectivity index (χ1) is 5.38. The van der Waals surface area contributed by atoms with E-state index in [-0.39, 0.29) is 0 Å². The van der Waals surface area contributed by atoms with E-state index in [0.717, 1.165) is 17.9 Å². The summed E-state index contributed by atoms with van der Waals surface area (Å²) in [5.74, 6) is 0.952. The molecule has 0 N–H and O–H groups in total. The van der Waals surface area contributed by atoms with Crippen molar-refractivity contribution in [3.8, 4) is 5.75 Å². The van der Waals surface area contributed by atoms with Crippen molar-refractivity contribution in [2.45, 2.75) is 6.92 Å². The van der Waals surface area contributed by atoms with E-state index >= 15 is 0 Å². The van der Waals surface area contributed by atoms with Crippen molar-refractivity contribution in [2.75, 3.05) is 6.61 Å². The van der Waals surface area contributed by atoms with Crippen molar-refractivity contribution in [2.24, 2.45) is 0 Å². The standard InChI is InChI=1S/C9H10O.Ru/c1-3-10-9-7-5-4-6-8(9)2;/h2,4-7H,3H2,1H3;/q;+1. The molecule has 0 amide bonds. The summed E-state index contributed by atoms with van der Waals surface area (Å²) in [6, 6.07) is 7.98. The Labute approximate surface area is 76.6 Å². The maximum absolute atomic E-state index is 5.39.